The van der Waals surface area contributed by atoms with Crippen molar-refractivity contribution in [3.8, 4) is 0 Å². The third kappa shape index (κ3) is 4.57. The predicted octanol–water partition coefficient (Wildman–Crippen LogP) is 1.77. The third-order valence-electron chi connectivity index (χ3n) is 3.31. The number of carboxylic acid groups (broad SMARTS) is 1. The van der Waals surface area contributed by atoms with E-state index in [0.29, 0.717) is 25.1 Å². The summed E-state index contributed by atoms with van der Waals surface area (Å²) in [4.78, 5) is 24.5. The quantitative estimate of drug-likeness (QED) is 0.744. The third-order valence-corrected chi connectivity index (χ3v) is 3.31. The molecule has 0 fully saturated rings. The van der Waals surface area contributed by atoms with Gasteiger partial charge < -0.3 is 15.7 Å². The Kier molecular flexibility index (Phi) is 6.03. The van der Waals surface area contributed by atoms with Crippen LogP contribution in [0.25, 0.3) is 0 Å². The van der Waals surface area contributed by atoms with E-state index in [4.69, 9.17) is 10.8 Å². The van der Waals surface area contributed by atoms with Crippen LogP contribution >= 0.6 is 0 Å². The molecule has 0 aliphatic heterocycles. The van der Waals surface area contributed by atoms with Crippen LogP contribution in [-0.4, -0.2) is 35.0 Å². The van der Waals surface area contributed by atoms with Crippen LogP contribution in [0.1, 0.15) is 25.8 Å². The zero-order chi connectivity index (χ0) is 15.1. The Labute approximate surface area is 119 Å². The number of carboxylic acids is 1. The molecule has 3 N–H and O–H groups in total. The number of carbonyl (C=O) groups excluding carboxylic acids is 1. The molecule has 0 saturated carbocycles. The van der Waals surface area contributed by atoms with E-state index in [0.717, 1.165) is 5.56 Å². The first kappa shape index (κ1) is 16.0. The van der Waals surface area contributed by atoms with Crippen molar-refractivity contribution in [2.75, 3.05) is 18.8 Å². The van der Waals surface area contributed by atoms with Crippen LogP contribution in [0.3, 0.4) is 0 Å². The number of benzene rings is 1. The van der Waals surface area contributed by atoms with E-state index >= 15 is 0 Å². The number of amides is 1. The van der Waals surface area contributed by atoms with Crippen molar-refractivity contribution >= 4 is 17.6 Å². The van der Waals surface area contributed by atoms with Crippen molar-refractivity contribution in [1.82, 2.24) is 4.90 Å². The zero-order valence-corrected chi connectivity index (χ0v) is 12.0. The lowest BCUT2D eigenvalue weighted by Gasteiger charge is -2.23. The SMILES string of the molecule is CCN(CC(C)C(=O)O)C(=O)CCc1ccccc1N. The molecule has 0 bridgehead atoms. The smallest absolute Gasteiger partial charge is 0.308 e. The van der Waals surface area contributed by atoms with Crippen molar-refractivity contribution in [3.63, 3.8) is 0 Å². The van der Waals surface area contributed by atoms with E-state index in [2.05, 4.69) is 0 Å². The van der Waals surface area contributed by atoms with Gasteiger partial charge in [0, 0.05) is 25.2 Å². The topological polar surface area (TPSA) is 83.6 Å². The van der Waals surface area contributed by atoms with E-state index in [-0.39, 0.29) is 12.5 Å². The molecule has 0 heterocycles. The fourth-order valence-corrected chi connectivity index (χ4v) is 1.98. The van der Waals surface area contributed by atoms with Crippen LogP contribution in [0.15, 0.2) is 24.3 Å². The van der Waals surface area contributed by atoms with E-state index in [9.17, 15) is 9.59 Å². The minimum atomic E-state index is -0.886. The van der Waals surface area contributed by atoms with Crippen LogP contribution < -0.4 is 5.73 Å². The molecule has 0 spiro atoms. The van der Waals surface area contributed by atoms with E-state index in [1.165, 1.54) is 0 Å². The Bertz CT molecular complexity index is 474. The maximum absolute atomic E-state index is 12.1. The molecule has 5 nitrogen and oxygen atoms in total. The molecule has 1 aromatic carbocycles. The molecule has 0 aliphatic carbocycles. The number of nitrogens with zero attached hydrogens (tertiary/aromatic N) is 1. The van der Waals surface area contributed by atoms with Gasteiger partial charge in [-0.05, 0) is 25.0 Å². The highest BCUT2D eigenvalue weighted by Gasteiger charge is 2.19. The fraction of sp³-hybridized carbons (Fsp3) is 0.467. The molecule has 1 unspecified atom stereocenters. The summed E-state index contributed by atoms with van der Waals surface area (Å²) in [5.74, 6) is -1.48. The monoisotopic (exact) mass is 278 g/mol. The largest absolute Gasteiger partial charge is 0.481 e. The van der Waals surface area contributed by atoms with Crippen molar-refractivity contribution in [2.45, 2.75) is 26.7 Å². The van der Waals surface area contributed by atoms with Gasteiger partial charge in [-0.15, -0.1) is 0 Å². The molecule has 1 aromatic rings. The predicted molar refractivity (Wildman–Crippen MR) is 78.2 cm³/mol. The second-order valence-corrected chi connectivity index (χ2v) is 4.87. The molecule has 1 atom stereocenters. The van der Waals surface area contributed by atoms with Crippen molar-refractivity contribution < 1.29 is 14.7 Å². The molecule has 5 heteroatoms. The summed E-state index contributed by atoms with van der Waals surface area (Å²) in [5.41, 5.74) is 7.46. The summed E-state index contributed by atoms with van der Waals surface area (Å²) in [7, 11) is 0. The molecular weight excluding hydrogens is 256 g/mol. The highest BCUT2D eigenvalue weighted by atomic mass is 16.4. The van der Waals surface area contributed by atoms with Gasteiger partial charge in [-0.25, -0.2) is 0 Å². The average molecular weight is 278 g/mol. The number of aryl methyl sites for hydroxylation is 1. The fourth-order valence-electron chi connectivity index (χ4n) is 1.98. The van der Waals surface area contributed by atoms with Crippen LogP contribution in [0.5, 0.6) is 0 Å². The molecule has 0 radical (unpaired) electrons. The zero-order valence-electron chi connectivity index (χ0n) is 12.0. The molecule has 110 valence electrons. The van der Waals surface area contributed by atoms with Crippen molar-refractivity contribution in [1.29, 1.82) is 0 Å². The molecule has 0 saturated heterocycles. The van der Waals surface area contributed by atoms with Crippen LogP contribution in [0.4, 0.5) is 5.69 Å². The molecule has 1 amide bonds. The molecule has 1 rings (SSSR count). The minimum absolute atomic E-state index is 0.0381. The number of aliphatic carboxylic acids is 1. The number of nitrogens with two attached hydrogens (primary N) is 1. The van der Waals surface area contributed by atoms with Gasteiger partial charge in [-0.1, -0.05) is 25.1 Å². The average Bonchev–Trinajstić information content (AvgIpc) is 2.43. The van der Waals surface area contributed by atoms with Gasteiger partial charge >= 0.3 is 5.97 Å². The molecule has 0 aliphatic rings. The van der Waals surface area contributed by atoms with Gasteiger partial charge in [-0.2, -0.15) is 0 Å². The van der Waals surface area contributed by atoms with Gasteiger partial charge in [0.2, 0.25) is 5.91 Å². The second-order valence-electron chi connectivity index (χ2n) is 4.87. The van der Waals surface area contributed by atoms with Gasteiger partial charge in [0.25, 0.3) is 0 Å². The van der Waals surface area contributed by atoms with Gasteiger partial charge in [0.1, 0.15) is 0 Å². The van der Waals surface area contributed by atoms with Crippen molar-refractivity contribution in [3.05, 3.63) is 29.8 Å². The lowest BCUT2D eigenvalue weighted by Crippen LogP contribution is -2.36. The molecule has 0 aromatic heterocycles. The van der Waals surface area contributed by atoms with Gasteiger partial charge in [0.15, 0.2) is 0 Å². The summed E-state index contributed by atoms with van der Waals surface area (Å²) >= 11 is 0. The van der Waals surface area contributed by atoms with Crippen LogP contribution in [0.2, 0.25) is 0 Å². The highest BCUT2D eigenvalue weighted by molar-refractivity contribution is 5.78. The lowest BCUT2D eigenvalue weighted by molar-refractivity contribution is -0.143. The number of hydrogen-bond donors (Lipinski definition) is 2. The number of anilines is 1. The van der Waals surface area contributed by atoms with Crippen LogP contribution in [-0.2, 0) is 16.0 Å². The molecule has 20 heavy (non-hydrogen) atoms. The van der Waals surface area contributed by atoms with E-state index < -0.39 is 11.9 Å². The first-order chi connectivity index (χ1) is 9.45. The Morgan fingerprint density at radius 2 is 2.00 bits per heavy atom. The number of rotatable bonds is 7. The Morgan fingerprint density at radius 3 is 2.55 bits per heavy atom. The Balaban J connectivity index is 2.56. The summed E-state index contributed by atoms with van der Waals surface area (Å²) in [5, 5.41) is 8.90. The van der Waals surface area contributed by atoms with E-state index in [1.807, 2.05) is 31.2 Å². The Hall–Kier alpha value is -2.04. The van der Waals surface area contributed by atoms with E-state index in [1.54, 1.807) is 11.8 Å². The summed E-state index contributed by atoms with van der Waals surface area (Å²) in [6.45, 7) is 4.21. The number of hydrogen-bond acceptors (Lipinski definition) is 3. The normalized spacial score (nSPS) is 11.9. The summed E-state index contributed by atoms with van der Waals surface area (Å²) < 4.78 is 0. The second kappa shape index (κ2) is 7.53. The lowest BCUT2D eigenvalue weighted by atomic mass is 10.1. The highest BCUT2D eigenvalue weighted by Crippen LogP contribution is 2.13. The standard InChI is InChI=1S/C15H22N2O3/c1-3-17(10-11(2)15(19)20)14(18)9-8-12-6-4-5-7-13(12)16/h4-7,11H,3,8-10,16H2,1-2H3,(H,19,20). The number of para-hydroxylation sites is 1. The molecular formula is C15H22N2O3. The summed E-state index contributed by atoms with van der Waals surface area (Å²) in [6, 6.07) is 7.45. The van der Waals surface area contributed by atoms with Gasteiger partial charge in [0.05, 0.1) is 5.92 Å². The van der Waals surface area contributed by atoms with Crippen LogP contribution in [0, 0.1) is 5.92 Å². The number of carbonyl (C=O) groups is 2. The number of nitrogen functional groups attached to an aromatic ring is 1. The maximum atomic E-state index is 12.1. The first-order valence-corrected chi connectivity index (χ1v) is 6.79. The maximum Gasteiger partial charge on any atom is 0.308 e. The first-order valence-electron chi connectivity index (χ1n) is 6.79. The van der Waals surface area contributed by atoms with Gasteiger partial charge in [-0.3, -0.25) is 9.59 Å². The Morgan fingerprint density at radius 1 is 1.35 bits per heavy atom. The van der Waals surface area contributed by atoms with Crippen molar-refractivity contribution in [2.24, 2.45) is 5.92 Å². The summed E-state index contributed by atoms with van der Waals surface area (Å²) in [6.07, 6.45) is 0.915. The minimum Gasteiger partial charge on any atom is -0.481 e.